The molecule has 0 spiro atoms. The normalized spacial score (nSPS) is 17.1. The Labute approximate surface area is 115 Å². The Hall–Kier alpha value is -1.97. The fourth-order valence-corrected chi connectivity index (χ4v) is 2.72. The second kappa shape index (κ2) is 4.85. The predicted molar refractivity (Wildman–Crippen MR) is 72.2 cm³/mol. The van der Waals surface area contributed by atoms with Crippen molar-refractivity contribution in [2.75, 3.05) is 5.32 Å². The molecule has 0 saturated heterocycles. The van der Waals surface area contributed by atoms with Crippen molar-refractivity contribution in [3.63, 3.8) is 0 Å². The molecule has 0 amide bonds. The molecule has 1 atom stereocenters. The molecule has 104 valence electrons. The van der Waals surface area contributed by atoms with Crippen LogP contribution in [0.3, 0.4) is 0 Å². The highest BCUT2D eigenvalue weighted by Crippen LogP contribution is 2.36. The van der Waals surface area contributed by atoms with Crippen LogP contribution in [-0.4, -0.2) is 0 Å². The van der Waals surface area contributed by atoms with Gasteiger partial charge < -0.3 is 5.32 Å². The summed E-state index contributed by atoms with van der Waals surface area (Å²) in [5.74, 6) is -1.47. The lowest BCUT2D eigenvalue weighted by atomic mass is 10.1. The van der Waals surface area contributed by atoms with E-state index in [4.69, 9.17) is 0 Å². The highest BCUT2D eigenvalue weighted by molar-refractivity contribution is 5.52. The number of benzene rings is 2. The molecule has 0 bridgehead atoms. The fourth-order valence-electron chi connectivity index (χ4n) is 2.72. The van der Waals surface area contributed by atoms with E-state index in [2.05, 4.69) is 5.32 Å². The van der Waals surface area contributed by atoms with Crippen molar-refractivity contribution in [1.82, 2.24) is 0 Å². The molecule has 1 aliphatic carbocycles. The van der Waals surface area contributed by atoms with Crippen molar-refractivity contribution in [2.45, 2.75) is 25.8 Å². The van der Waals surface area contributed by atoms with E-state index in [-0.39, 0.29) is 17.5 Å². The van der Waals surface area contributed by atoms with Crippen molar-refractivity contribution in [1.29, 1.82) is 0 Å². The molecule has 20 heavy (non-hydrogen) atoms. The third-order valence-corrected chi connectivity index (χ3v) is 3.82. The van der Waals surface area contributed by atoms with Crippen LogP contribution in [0.2, 0.25) is 0 Å². The van der Waals surface area contributed by atoms with Crippen molar-refractivity contribution in [3.05, 3.63) is 64.5 Å². The average molecular weight is 277 g/mol. The van der Waals surface area contributed by atoms with Gasteiger partial charge in [0.05, 0.1) is 6.04 Å². The van der Waals surface area contributed by atoms with E-state index in [1.807, 2.05) is 0 Å². The van der Waals surface area contributed by atoms with Gasteiger partial charge in [0.2, 0.25) is 0 Å². The summed E-state index contributed by atoms with van der Waals surface area (Å²) in [4.78, 5) is 0. The van der Waals surface area contributed by atoms with E-state index in [0.29, 0.717) is 24.0 Å². The summed E-state index contributed by atoms with van der Waals surface area (Å²) in [7, 11) is 0. The van der Waals surface area contributed by atoms with Gasteiger partial charge in [-0.1, -0.05) is 18.2 Å². The molecule has 0 radical (unpaired) electrons. The number of aryl methyl sites for hydroxylation is 1. The molecule has 0 saturated carbocycles. The van der Waals surface area contributed by atoms with Crippen LogP contribution in [0.15, 0.2) is 30.3 Å². The summed E-state index contributed by atoms with van der Waals surface area (Å²) >= 11 is 0. The maximum atomic E-state index is 14.0. The Kier molecular flexibility index (Phi) is 3.16. The van der Waals surface area contributed by atoms with Crippen molar-refractivity contribution in [3.8, 4) is 0 Å². The van der Waals surface area contributed by atoms with E-state index < -0.39 is 11.6 Å². The lowest BCUT2D eigenvalue weighted by Gasteiger charge is -2.17. The predicted octanol–water partition coefficient (Wildman–Crippen LogP) is 4.51. The SMILES string of the molecule is Cc1ccc(F)c(NC2CCc3c(F)cccc32)c1F. The molecule has 1 N–H and O–H groups in total. The van der Waals surface area contributed by atoms with Crippen LogP contribution >= 0.6 is 0 Å². The number of rotatable bonds is 2. The molecule has 2 aromatic carbocycles. The van der Waals surface area contributed by atoms with Gasteiger partial charge in [-0.05, 0) is 48.6 Å². The van der Waals surface area contributed by atoms with Crippen molar-refractivity contribution >= 4 is 5.69 Å². The number of halogens is 3. The Morgan fingerprint density at radius 3 is 2.65 bits per heavy atom. The summed E-state index contributed by atoms with van der Waals surface area (Å²) in [5.41, 5.74) is 1.67. The van der Waals surface area contributed by atoms with Gasteiger partial charge in [-0.25, -0.2) is 13.2 Å². The van der Waals surface area contributed by atoms with Crippen LogP contribution in [-0.2, 0) is 6.42 Å². The first-order valence-corrected chi connectivity index (χ1v) is 6.56. The number of hydrogen-bond acceptors (Lipinski definition) is 1. The van der Waals surface area contributed by atoms with E-state index >= 15 is 0 Å². The van der Waals surface area contributed by atoms with Crippen LogP contribution in [0.5, 0.6) is 0 Å². The first kappa shape index (κ1) is 13.0. The smallest absolute Gasteiger partial charge is 0.152 e. The van der Waals surface area contributed by atoms with E-state index in [1.165, 1.54) is 18.2 Å². The number of hydrogen-bond donors (Lipinski definition) is 1. The molecule has 1 unspecified atom stereocenters. The van der Waals surface area contributed by atoms with Gasteiger partial charge in [0.1, 0.15) is 17.3 Å². The molecule has 0 fully saturated rings. The quantitative estimate of drug-likeness (QED) is 0.851. The monoisotopic (exact) mass is 277 g/mol. The summed E-state index contributed by atoms with van der Waals surface area (Å²) in [6.45, 7) is 1.59. The van der Waals surface area contributed by atoms with Gasteiger partial charge in [-0.15, -0.1) is 0 Å². The summed E-state index contributed by atoms with van der Waals surface area (Å²) in [6, 6.07) is 7.22. The fraction of sp³-hybridized carbons (Fsp3) is 0.250. The lowest BCUT2D eigenvalue weighted by Crippen LogP contribution is -2.11. The largest absolute Gasteiger partial charge is 0.373 e. The highest BCUT2D eigenvalue weighted by atomic mass is 19.1. The molecule has 3 rings (SSSR count). The summed E-state index contributed by atoms with van der Waals surface area (Å²) < 4.78 is 41.4. The van der Waals surface area contributed by atoms with Gasteiger partial charge in [0, 0.05) is 0 Å². The van der Waals surface area contributed by atoms with Crippen LogP contribution < -0.4 is 5.32 Å². The minimum atomic E-state index is -0.627. The van der Waals surface area contributed by atoms with Gasteiger partial charge in [-0.2, -0.15) is 0 Å². The minimum Gasteiger partial charge on any atom is -0.373 e. The zero-order chi connectivity index (χ0) is 14.3. The second-order valence-electron chi connectivity index (χ2n) is 5.10. The first-order chi connectivity index (χ1) is 9.58. The molecule has 0 heterocycles. The minimum absolute atomic E-state index is 0.132. The maximum Gasteiger partial charge on any atom is 0.152 e. The number of fused-ring (bicyclic) bond motifs is 1. The van der Waals surface area contributed by atoms with E-state index in [9.17, 15) is 13.2 Å². The first-order valence-electron chi connectivity index (χ1n) is 6.56. The zero-order valence-electron chi connectivity index (χ0n) is 11.0. The van der Waals surface area contributed by atoms with Crippen LogP contribution in [0.25, 0.3) is 0 Å². The molecular formula is C16H14F3N. The average Bonchev–Trinajstić information content (AvgIpc) is 2.84. The second-order valence-corrected chi connectivity index (χ2v) is 5.10. The maximum absolute atomic E-state index is 14.0. The summed E-state index contributed by atoms with van der Waals surface area (Å²) in [6.07, 6.45) is 1.21. The standard InChI is InChI=1S/C16H14F3N/c1-9-5-7-13(18)16(15(9)19)20-14-8-6-10-11(14)3-2-4-12(10)17/h2-5,7,14,20H,6,8H2,1H3. The molecule has 0 aliphatic heterocycles. The Bertz CT molecular complexity index is 667. The molecule has 1 nitrogen and oxygen atoms in total. The Morgan fingerprint density at radius 2 is 1.85 bits per heavy atom. The number of nitrogens with one attached hydrogen (secondary N) is 1. The Balaban J connectivity index is 1.96. The van der Waals surface area contributed by atoms with Gasteiger partial charge in [-0.3, -0.25) is 0 Å². The third-order valence-electron chi connectivity index (χ3n) is 3.82. The van der Waals surface area contributed by atoms with E-state index in [0.717, 1.165) is 5.56 Å². The van der Waals surface area contributed by atoms with Crippen LogP contribution in [0.4, 0.5) is 18.9 Å². The molecular weight excluding hydrogens is 263 g/mol. The van der Waals surface area contributed by atoms with Crippen molar-refractivity contribution < 1.29 is 13.2 Å². The molecule has 2 aromatic rings. The Morgan fingerprint density at radius 1 is 1.05 bits per heavy atom. The lowest BCUT2D eigenvalue weighted by molar-refractivity contribution is 0.576. The van der Waals surface area contributed by atoms with Gasteiger partial charge >= 0.3 is 0 Å². The zero-order valence-corrected chi connectivity index (χ0v) is 11.0. The molecule has 4 heteroatoms. The number of anilines is 1. The van der Waals surface area contributed by atoms with Crippen LogP contribution in [0, 0.1) is 24.4 Å². The van der Waals surface area contributed by atoms with E-state index in [1.54, 1.807) is 19.1 Å². The third kappa shape index (κ3) is 2.05. The van der Waals surface area contributed by atoms with Gasteiger partial charge in [0.15, 0.2) is 5.82 Å². The molecule has 0 aromatic heterocycles. The summed E-state index contributed by atoms with van der Waals surface area (Å²) in [5, 5.41) is 2.88. The highest BCUT2D eigenvalue weighted by Gasteiger charge is 2.26. The van der Waals surface area contributed by atoms with Crippen molar-refractivity contribution in [2.24, 2.45) is 0 Å². The van der Waals surface area contributed by atoms with Crippen LogP contribution in [0.1, 0.15) is 29.2 Å². The topological polar surface area (TPSA) is 12.0 Å². The molecule has 1 aliphatic rings. The van der Waals surface area contributed by atoms with Gasteiger partial charge in [0.25, 0.3) is 0 Å².